The van der Waals surface area contributed by atoms with E-state index in [1.165, 1.54) is 0 Å². The standard InChI is InChI=1S/C15H20N2O2/c1-4-12(16)15(18)17(3)10(2)14-9-11-7-5-6-8-13(11)19-14/h5-10,12H,4,16H2,1-3H3/t10?,12-/m0/s1. The van der Waals surface area contributed by atoms with Crippen LogP contribution < -0.4 is 5.73 Å². The van der Waals surface area contributed by atoms with E-state index in [9.17, 15) is 4.79 Å². The highest BCUT2D eigenvalue weighted by Gasteiger charge is 2.23. The summed E-state index contributed by atoms with van der Waals surface area (Å²) in [5, 5.41) is 1.05. The van der Waals surface area contributed by atoms with Gasteiger partial charge in [-0.1, -0.05) is 25.1 Å². The molecule has 1 amide bonds. The number of nitrogens with two attached hydrogens (primary N) is 1. The number of rotatable bonds is 4. The van der Waals surface area contributed by atoms with Gasteiger partial charge in [0.05, 0.1) is 12.1 Å². The zero-order chi connectivity index (χ0) is 14.0. The SMILES string of the molecule is CC[C@H](N)C(=O)N(C)C(C)c1cc2ccccc2o1. The van der Waals surface area contributed by atoms with Crippen LogP contribution in [0.4, 0.5) is 0 Å². The number of carbonyl (C=O) groups is 1. The van der Waals surface area contributed by atoms with Gasteiger partial charge in [0.2, 0.25) is 5.91 Å². The number of fused-ring (bicyclic) bond motifs is 1. The molecular formula is C15H20N2O2. The molecule has 2 N–H and O–H groups in total. The molecule has 0 saturated heterocycles. The maximum atomic E-state index is 12.1. The lowest BCUT2D eigenvalue weighted by molar-refractivity contribution is -0.133. The molecule has 2 atom stereocenters. The molecule has 0 fully saturated rings. The number of carbonyl (C=O) groups excluding carboxylic acids is 1. The molecule has 102 valence electrons. The molecule has 1 aromatic heterocycles. The molecule has 19 heavy (non-hydrogen) atoms. The lowest BCUT2D eigenvalue weighted by Gasteiger charge is -2.25. The molecule has 0 aliphatic heterocycles. The minimum atomic E-state index is -0.447. The highest BCUT2D eigenvalue weighted by Crippen LogP contribution is 2.26. The molecule has 4 nitrogen and oxygen atoms in total. The van der Waals surface area contributed by atoms with Crippen molar-refractivity contribution in [2.45, 2.75) is 32.4 Å². The Balaban J connectivity index is 2.23. The number of hydrogen-bond acceptors (Lipinski definition) is 3. The van der Waals surface area contributed by atoms with E-state index >= 15 is 0 Å². The predicted molar refractivity (Wildman–Crippen MR) is 75.7 cm³/mol. The zero-order valence-corrected chi connectivity index (χ0v) is 11.6. The van der Waals surface area contributed by atoms with E-state index in [-0.39, 0.29) is 11.9 Å². The molecule has 0 spiro atoms. The van der Waals surface area contributed by atoms with Crippen LogP contribution >= 0.6 is 0 Å². The van der Waals surface area contributed by atoms with Crippen LogP contribution in [0.1, 0.15) is 32.1 Å². The molecule has 1 aromatic carbocycles. The first-order valence-corrected chi connectivity index (χ1v) is 6.55. The van der Waals surface area contributed by atoms with Crippen LogP contribution in [0.3, 0.4) is 0 Å². The number of likely N-dealkylation sites (N-methyl/N-ethyl adjacent to an activating group) is 1. The Kier molecular flexibility index (Phi) is 3.90. The second kappa shape index (κ2) is 5.45. The molecule has 0 radical (unpaired) electrons. The highest BCUT2D eigenvalue weighted by atomic mass is 16.3. The molecule has 2 rings (SSSR count). The third-order valence-electron chi connectivity index (χ3n) is 3.54. The first kappa shape index (κ1) is 13.6. The van der Waals surface area contributed by atoms with Gasteiger partial charge in [-0.05, 0) is 25.5 Å². The van der Waals surface area contributed by atoms with Crippen LogP contribution in [0.5, 0.6) is 0 Å². The number of amides is 1. The van der Waals surface area contributed by atoms with E-state index in [1.54, 1.807) is 11.9 Å². The van der Waals surface area contributed by atoms with E-state index < -0.39 is 6.04 Å². The maximum Gasteiger partial charge on any atom is 0.239 e. The lowest BCUT2D eigenvalue weighted by Crippen LogP contribution is -2.42. The minimum absolute atomic E-state index is 0.0598. The Hall–Kier alpha value is -1.81. The van der Waals surface area contributed by atoms with Gasteiger partial charge in [-0.3, -0.25) is 4.79 Å². The van der Waals surface area contributed by atoms with E-state index in [0.29, 0.717) is 6.42 Å². The molecule has 4 heteroatoms. The summed E-state index contributed by atoms with van der Waals surface area (Å²) in [6.45, 7) is 3.85. The quantitative estimate of drug-likeness (QED) is 0.919. The smallest absolute Gasteiger partial charge is 0.239 e. The number of nitrogens with zero attached hydrogens (tertiary/aromatic N) is 1. The van der Waals surface area contributed by atoms with Gasteiger partial charge in [0, 0.05) is 12.4 Å². The summed E-state index contributed by atoms with van der Waals surface area (Å²) in [7, 11) is 1.76. The van der Waals surface area contributed by atoms with E-state index in [4.69, 9.17) is 10.2 Å². The Morgan fingerprint density at radius 2 is 2.11 bits per heavy atom. The number of hydrogen-bond donors (Lipinski definition) is 1. The Morgan fingerprint density at radius 3 is 2.74 bits per heavy atom. The molecule has 1 heterocycles. The molecule has 0 aliphatic rings. The predicted octanol–water partition coefficient (Wildman–Crippen LogP) is 2.69. The van der Waals surface area contributed by atoms with Crippen LogP contribution in [-0.4, -0.2) is 23.9 Å². The maximum absolute atomic E-state index is 12.1. The third kappa shape index (κ3) is 2.63. The van der Waals surface area contributed by atoms with Gasteiger partial charge in [0.15, 0.2) is 0 Å². The normalized spacial score (nSPS) is 14.3. The summed E-state index contributed by atoms with van der Waals surface area (Å²) in [4.78, 5) is 13.7. The Labute approximate surface area is 113 Å². The summed E-state index contributed by atoms with van der Waals surface area (Å²) in [6.07, 6.45) is 0.635. The second-order valence-electron chi connectivity index (χ2n) is 4.83. The highest BCUT2D eigenvalue weighted by molar-refractivity contribution is 5.82. The summed E-state index contributed by atoms with van der Waals surface area (Å²) in [5.41, 5.74) is 6.62. The van der Waals surface area contributed by atoms with Crippen molar-refractivity contribution in [1.29, 1.82) is 0 Å². The second-order valence-corrected chi connectivity index (χ2v) is 4.83. The third-order valence-corrected chi connectivity index (χ3v) is 3.54. The summed E-state index contributed by atoms with van der Waals surface area (Å²) in [6, 6.07) is 9.21. The van der Waals surface area contributed by atoms with Gasteiger partial charge in [-0.15, -0.1) is 0 Å². The van der Waals surface area contributed by atoms with Crippen LogP contribution in [0.25, 0.3) is 11.0 Å². The fraction of sp³-hybridized carbons (Fsp3) is 0.400. The zero-order valence-electron chi connectivity index (χ0n) is 11.6. The van der Waals surface area contributed by atoms with E-state index in [1.807, 2.05) is 44.2 Å². The van der Waals surface area contributed by atoms with Crippen molar-refractivity contribution in [1.82, 2.24) is 4.90 Å². The van der Waals surface area contributed by atoms with Gasteiger partial charge in [-0.25, -0.2) is 0 Å². The van der Waals surface area contributed by atoms with Crippen molar-refractivity contribution in [3.05, 3.63) is 36.1 Å². The monoisotopic (exact) mass is 260 g/mol. The van der Waals surface area contributed by atoms with Crippen molar-refractivity contribution in [2.24, 2.45) is 5.73 Å². The fourth-order valence-electron chi connectivity index (χ4n) is 2.03. The summed E-state index contributed by atoms with van der Waals surface area (Å²) < 4.78 is 5.78. The Bertz CT molecular complexity index is 543. The largest absolute Gasteiger partial charge is 0.459 e. The molecule has 0 bridgehead atoms. The van der Waals surface area contributed by atoms with E-state index in [0.717, 1.165) is 16.7 Å². The van der Waals surface area contributed by atoms with Crippen molar-refractivity contribution >= 4 is 16.9 Å². The van der Waals surface area contributed by atoms with Gasteiger partial charge in [-0.2, -0.15) is 0 Å². The Morgan fingerprint density at radius 1 is 1.42 bits per heavy atom. The minimum Gasteiger partial charge on any atom is -0.459 e. The topological polar surface area (TPSA) is 59.5 Å². The molecule has 2 aromatic rings. The number of para-hydroxylation sites is 1. The van der Waals surface area contributed by atoms with Crippen LogP contribution in [0, 0.1) is 0 Å². The van der Waals surface area contributed by atoms with Gasteiger partial charge < -0.3 is 15.1 Å². The van der Waals surface area contributed by atoms with Crippen molar-refractivity contribution in [2.75, 3.05) is 7.05 Å². The number of benzene rings is 1. The first-order valence-electron chi connectivity index (χ1n) is 6.55. The van der Waals surface area contributed by atoms with Crippen molar-refractivity contribution in [3.63, 3.8) is 0 Å². The van der Waals surface area contributed by atoms with Crippen molar-refractivity contribution in [3.8, 4) is 0 Å². The molecular weight excluding hydrogens is 240 g/mol. The van der Waals surface area contributed by atoms with Crippen LogP contribution in [0.2, 0.25) is 0 Å². The molecule has 0 saturated carbocycles. The fourth-order valence-corrected chi connectivity index (χ4v) is 2.03. The van der Waals surface area contributed by atoms with Gasteiger partial charge >= 0.3 is 0 Å². The first-order chi connectivity index (χ1) is 9.04. The van der Waals surface area contributed by atoms with Gasteiger partial charge in [0.25, 0.3) is 0 Å². The average Bonchev–Trinajstić information content (AvgIpc) is 2.87. The summed E-state index contributed by atoms with van der Waals surface area (Å²) in [5.74, 6) is 0.718. The molecule has 1 unspecified atom stereocenters. The lowest BCUT2D eigenvalue weighted by atomic mass is 10.1. The number of furan rings is 1. The average molecular weight is 260 g/mol. The van der Waals surface area contributed by atoms with Gasteiger partial charge in [0.1, 0.15) is 11.3 Å². The van der Waals surface area contributed by atoms with Crippen LogP contribution in [-0.2, 0) is 4.79 Å². The van der Waals surface area contributed by atoms with E-state index in [2.05, 4.69) is 0 Å². The van der Waals surface area contributed by atoms with Crippen LogP contribution in [0.15, 0.2) is 34.7 Å². The van der Waals surface area contributed by atoms with Crippen molar-refractivity contribution < 1.29 is 9.21 Å². The molecule has 0 aliphatic carbocycles. The summed E-state index contributed by atoms with van der Waals surface area (Å²) >= 11 is 0.